The van der Waals surface area contributed by atoms with Gasteiger partial charge in [-0.1, -0.05) is 20.4 Å². The molecule has 16 heavy (non-hydrogen) atoms. The number of ether oxygens (including phenoxy) is 1. The van der Waals surface area contributed by atoms with Crippen LogP contribution in [-0.4, -0.2) is 18.4 Å². The molecule has 0 aliphatic carbocycles. The van der Waals surface area contributed by atoms with Crippen molar-refractivity contribution in [2.75, 3.05) is 6.61 Å². The van der Waals surface area contributed by atoms with Gasteiger partial charge in [-0.15, -0.1) is 0 Å². The van der Waals surface area contributed by atoms with Crippen LogP contribution in [0.3, 0.4) is 0 Å². The number of carbonyl (C=O) groups excluding carboxylic acids is 2. The summed E-state index contributed by atoms with van der Waals surface area (Å²) in [5.41, 5.74) is 0.617. The van der Waals surface area contributed by atoms with Crippen LogP contribution in [0.25, 0.3) is 0 Å². The van der Waals surface area contributed by atoms with E-state index >= 15 is 0 Å². The minimum atomic E-state index is -0.155. The minimum Gasteiger partial charge on any atom is -0.465 e. The summed E-state index contributed by atoms with van der Waals surface area (Å²) in [5.74, 6) is -0.0952. The van der Waals surface area contributed by atoms with Gasteiger partial charge in [-0.05, 0) is 31.8 Å². The Kier molecular flexibility index (Phi) is 7.52. The zero-order chi connectivity index (χ0) is 12.6. The summed E-state index contributed by atoms with van der Waals surface area (Å²) in [6.45, 7) is 9.41. The second kappa shape index (κ2) is 8.08. The number of Topliss-reactive ketones (excluding diaryl/α,β-unsaturated/α-hetero) is 1. The van der Waals surface area contributed by atoms with E-state index in [0.29, 0.717) is 18.6 Å². The summed E-state index contributed by atoms with van der Waals surface area (Å²) in [7, 11) is 0. The van der Waals surface area contributed by atoms with Crippen molar-refractivity contribution >= 4 is 11.8 Å². The molecule has 0 aromatic heterocycles. The summed E-state index contributed by atoms with van der Waals surface area (Å²) in [5, 5.41) is 0. The lowest BCUT2D eigenvalue weighted by Crippen LogP contribution is -2.12. The van der Waals surface area contributed by atoms with E-state index < -0.39 is 0 Å². The van der Waals surface area contributed by atoms with Crippen LogP contribution in [0.5, 0.6) is 0 Å². The Morgan fingerprint density at radius 3 is 2.31 bits per heavy atom. The Morgan fingerprint density at radius 2 is 1.81 bits per heavy atom. The third-order valence-corrected chi connectivity index (χ3v) is 2.24. The molecule has 0 aromatic carbocycles. The highest BCUT2D eigenvalue weighted by Gasteiger charge is 2.07. The topological polar surface area (TPSA) is 43.4 Å². The van der Waals surface area contributed by atoms with Crippen molar-refractivity contribution in [2.24, 2.45) is 5.92 Å². The Labute approximate surface area is 97.9 Å². The van der Waals surface area contributed by atoms with Gasteiger partial charge in [-0.3, -0.25) is 9.59 Å². The van der Waals surface area contributed by atoms with Gasteiger partial charge in [-0.2, -0.15) is 0 Å². The SMILES string of the molecule is C=C(C)C(=O)CCCCCOC(=O)C(C)C. The van der Waals surface area contributed by atoms with Crippen LogP contribution < -0.4 is 0 Å². The summed E-state index contributed by atoms with van der Waals surface area (Å²) in [6.07, 6.45) is 3.12. The fourth-order valence-corrected chi connectivity index (χ4v) is 1.12. The van der Waals surface area contributed by atoms with Crippen LogP contribution in [0, 0.1) is 5.92 Å². The molecule has 0 bridgehead atoms. The largest absolute Gasteiger partial charge is 0.465 e. The van der Waals surface area contributed by atoms with Gasteiger partial charge in [0, 0.05) is 6.42 Å². The number of allylic oxidation sites excluding steroid dienone is 1. The molecule has 3 heteroatoms. The molecule has 0 fully saturated rings. The molecule has 0 unspecified atom stereocenters. The van der Waals surface area contributed by atoms with E-state index in [1.54, 1.807) is 6.92 Å². The average molecular weight is 226 g/mol. The van der Waals surface area contributed by atoms with Crippen molar-refractivity contribution in [3.63, 3.8) is 0 Å². The molecular weight excluding hydrogens is 204 g/mol. The van der Waals surface area contributed by atoms with Crippen molar-refractivity contribution in [2.45, 2.75) is 46.5 Å². The van der Waals surface area contributed by atoms with E-state index in [9.17, 15) is 9.59 Å². The molecule has 0 atom stereocenters. The average Bonchev–Trinajstić information content (AvgIpc) is 2.21. The lowest BCUT2D eigenvalue weighted by molar-refractivity contribution is -0.147. The fourth-order valence-electron chi connectivity index (χ4n) is 1.12. The predicted octanol–water partition coefficient (Wildman–Crippen LogP) is 2.89. The fraction of sp³-hybridized carbons (Fsp3) is 0.692. The summed E-state index contributed by atoms with van der Waals surface area (Å²) >= 11 is 0. The predicted molar refractivity (Wildman–Crippen MR) is 64.1 cm³/mol. The van der Waals surface area contributed by atoms with Gasteiger partial charge < -0.3 is 4.74 Å². The highest BCUT2D eigenvalue weighted by Crippen LogP contribution is 2.05. The third-order valence-electron chi connectivity index (χ3n) is 2.24. The van der Waals surface area contributed by atoms with Crippen molar-refractivity contribution in [1.29, 1.82) is 0 Å². The molecule has 0 aromatic rings. The molecular formula is C13H22O3. The maximum atomic E-state index is 11.2. The molecule has 0 radical (unpaired) electrons. The lowest BCUT2D eigenvalue weighted by atomic mass is 10.1. The first-order valence-corrected chi connectivity index (χ1v) is 5.80. The molecule has 0 N–H and O–H groups in total. The standard InChI is InChI=1S/C13H22O3/c1-10(2)12(14)8-6-5-7-9-16-13(15)11(3)4/h11H,1,5-9H2,2-4H3. The Morgan fingerprint density at radius 1 is 1.19 bits per heavy atom. The van der Waals surface area contributed by atoms with E-state index in [1.807, 2.05) is 13.8 Å². The first-order valence-electron chi connectivity index (χ1n) is 5.80. The zero-order valence-corrected chi connectivity index (χ0v) is 10.5. The van der Waals surface area contributed by atoms with Gasteiger partial charge in [0.15, 0.2) is 5.78 Å². The van der Waals surface area contributed by atoms with Gasteiger partial charge in [0.25, 0.3) is 0 Å². The van der Waals surface area contributed by atoms with E-state index in [4.69, 9.17) is 4.74 Å². The number of hydrogen-bond acceptors (Lipinski definition) is 3. The van der Waals surface area contributed by atoms with Gasteiger partial charge in [0.05, 0.1) is 12.5 Å². The molecule has 0 saturated heterocycles. The summed E-state index contributed by atoms with van der Waals surface area (Å²) in [4.78, 5) is 22.3. The molecule has 0 saturated carbocycles. The van der Waals surface area contributed by atoms with Crippen molar-refractivity contribution in [1.82, 2.24) is 0 Å². The van der Waals surface area contributed by atoms with Crippen LogP contribution in [-0.2, 0) is 14.3 Å². The number of rotatable bonds is 8. The molecule has 0 spiro atoms. The molecule has 0 heterocycles. The van der Waals surface area contributed by atoms with Gasteiger partial charge in [0.2, 0.25) is 0 Å². The monoisotopic (exact) mass is 226 g/mol. The third kappa shape index (κ3) is 7.21. The quantitative estimate of drug-likeness (QED) is 0.363. The van der Waals surface area contributed by atoms with Gasteiger partial charge in [0.1, 0.15) is 0 Å². The van der Waals surface area contributed by atoms with E-state index in [2.05, 4.69) is 6.58 Å². The first kappa shape index (κ1) is 14.9. The normalized spacial score (nSPS) is 10.2. The maximum absolute atomic E-state index is 11.2. The molecule has 0 aliphatic heterocycles. The van der Waals surface area contributed by atoms with Crippen molar-refractivity contribution in [3.05, 3.63) is 12.2 Å². The van der Waals surface area contributed by atoms with Crippen molar-refractivity contribution < 1.29 is 14.3 Å². The minimum absolute atomic E-state index is 0.0648. The Hall–Kier alpha value is -1.12. The zero-order valence-electron chi connectivity index (χ0n) is 10.5. The first-order chi connectivity index (χ1) is 7.45. The van der Waals surface area contributed by atoms with Crippen LogP contribution >= 0.6 is 0 Å². The van der Waals surface area contributed by atoms with Crippen LogP contribution in [0.2, 0.25) is 0 Å². The highest BCUT2D eigenvalue weighted by molar-refractivity contribution is 5.93. The van der Waals surface area contributed by atoms with Gasteiger partial charge >= 0.3 is 5.97 Å². The van der Waals surface area contributed by atoms with Crippen LogP contribution in [0.15, 0.2) is 12.2 Å². The number of hydrogen-bond donors (Lipinski definition) is 0. The number of unbranched alkanes of at least 4 members (excludes halogenated alkanes) is 2. The second-order valence-corrected chi connectivity index (χ2v) is 4.34. The molecule has 0 rings (SSSR count). The second-order valence-electron chi connectivity index (χ2n) is 4.34. The number of ketones is 1. The summed E-state index contributed by atoms with van der Waals surface area (Å²) < 4.78 is 5.02. The van der Waals surface area contributed by atoms with Crippen LogP contribution in [0.4, 0.5) is 0 Å². The highest BCUT2D eigenvalue weighted by atomic mass is 16.5. The molecule has 92 valence electrons. The van der Waals surface area contributed by atoms with Crippen LogP contribution in [0.1, 0.15) is 46.5 Å². The lowest BCUT2D eigenvalue weighted by Gasteiger charge is -2.06. The van der Waals surface area contributed by atoms with E-state index in [1.165, 1.54) is 0 Å². The van der Waals surface area contributed by atoms with E-state index in [-0.39, 0.29) is 17.7 Å². The Bertz CT molecular complexity index is 254. The smallest absolute Gasteiger partial charge is 0.308 e. The molecule has 3 nitrogen and oxygen atoms in total. The van der Waals surface area contributed by atoms with E-state index in [0.717, 1.165) is 19.3 Å². The Balaban J connectivity index is 3.38. The molecule has 0 aliphatic rings. The maximum Gasteiger partial charge on any atom is 0.308 e. The van der Waals surface area contributed by atoms with Gasteiger partial charge in [-0.25, -0.2) is 0 Å². The molecule has 0 amide bonds. The van der Waals surface area contributed by atoms with Crippen molar-refractivity contribution in [3.8, 4) is 0 Å². The number of esters is 1. The summed E-state index contributed by atoms with van der Waals surface area (Å²) in [6, 6.07) is 0. The number of carbonyl (C=O) groups is 2.